The van der Waals surface area contributed by atoms with Crippen molar-refractivity contribution in [1.29, 1.82) is 0 Å². The van der Waals surface area contributed by atoms with E-state index in [4.69, 9.17) is 14.2 Å². The van der Waals surface area contributed by atoms with Gasteiger partial charge in [0.1, 0.15) is 17.2 Å². The fraction of sp³-hybridized carbons (Fsp3) is 0.357. The van der Waals surface area contributed by atoms with Crippen molar-refractivity contribution in [2.24, 2.45) is 0 Å². The molecule has 0 saturated carbocycles. The number of benzene rings is 3. The lowest BCUT2D eigenvalue weighted by Crippen LogP contribution is -2.22. The molecule has 0 unspecified atom stereocenters. The molecule has 4 nitrogen and oxygen atoms in total. The molecule has 3 aromatic rings. The van der Waals surface area contributed by atoms with E-state index in [9.17, 15) is 0 Å². The first kappa shape index (κ1) is 23.7. The number of nitrogens with one attached hydrogen (secondary N) is 1. The van der Waals surface area contributed by atoms with Crippen LogP contribution in [0.4, 0.5) is 0 Å². The second kappa shape index (κ2) is 11.6. The molecule has 0 amide bonds. The van der Waals surface area contributed by atoms with Crippen LogP contribution in [-0.2, 0) is 0 Å². The Morgan fingerprint density at radius 2 is 1.34 bits per heavy atom. The van der Waals surface area contributed by atoms with E-state index in [1.165, 1.54) is 16.7 Å². The quantitative estimate of drug-likeness (QED) is 0.382. The van der Waals surface area contributed by atoms with E-state index < -0.39 is 0 Å². The monoisotopic (exact) mass is 433 g/mol. The molecule has 4 heteroatoms. The SMILES string of the molecule is COc1ccc([C@H](C)NCC[C@@H](c2ccc(OC(C)C)cc2)c2ccccc2OC)cc1. The summed E-state index contributed by atoms with van der Waals surface area (Å²) in [4.78, 5) is 0. The highest BCUT2D eigenvalue weighted by atomic mass is 16.5. The van der Waals surface area contributed by atoms with Crippen molar-refractivity contribution in [3.8, 4) is 17.2 Å². The van der Waals surface area contributed by atoms with Gasteiger partial charge in [-0.05, 0) is 75.2 Å². The molecule has 0 spiro atoms. The van der Waals surface area contributed by atoms with E-state index in [0.717, 1.165) is 30.2 Å². The van der Waals surface area contributed by atoms with Crippen LogP contribution in [0.3, 0.4) is 0 Å². The number of ether oxygens (including phenoxy) is 3. The second-order valence-corrected chi connectivity index (χ2v) is 8.27. The molecule has 2 atom stereocenters. The summed E-state index contributed by atoms with van der Waals surface area (Å²) in [5, 5.41) is 3.68. The Balaban J connectivity index is 1.75. The molecule has 0 radical (unpaired) electrons. The predicted molar refractivity (Wildman–Crippen MR) is 131 cm³/mol. The minimum atomic E-state index is 0.162. The zero-order valence-corrected chi connectivity index (χ0v) is 19.8. The molecule has 0 fully saturated rings. The van der Waals surface area contributed by atoms with Crippen LogP contribution in [0, 0.1) is 0 Å². The Bertz CT molecular complexity index is 951. The summed E-state index contributed by atoms with van der Waals surface area (Å²) in [7, 11) is 3.43. The standard InChI is InChI=1S/C28H35NO3/c1-20(2)32-25-16-12-23(13-17-25)26(27-8-6-7-9-28(27)31-5)18-19-29-21(3)22-10-14-24(30-4)15-11-22/h6-17,20-21,26,29H,18-19H2,1-5H3/t21-,26-/m0/s1. The second-order valence-electron chi connectivity index (χ2n) is 8.27. The first-order chi connectivity index (χ1) is 15.5. The van der Waals surface area contributed by atoms with Gasteiger partial charge in [-0.15, -0.1) is 0 Å². The summed E-state index contributed by atoms with van der Waals surface area (Å²) in [6.45, 7) is 7.15. The highest BCUT2D eigenvalue weighted by Gasteiger charge is 2.19. The van der Waals surface area contributed by atoms with Gasteiger partial charge in [0, 0.05) is 17.5 Å². The summed E-state index contributed by atoms with van der Waals surface area (Å²) in [5.41, 5.74) is 3.70. The normalized spacial score (nSPS) is 12.9. The van der Waals surface area contributed by atoms with Crippen molar-refractivity contribution in [1.82, 2.24) is 5.32 Å². The van der Waals surface area contributed by atoms with Crippen LogP contribution < -0.4 is 19.5 Å². The van der Waals surface area contributed by atoms with Gasteiger partial charge >= 0.3 is 0 Å². The molecule has 1 N–H and O–H groups in total. The Morgan fingerprint density at radius 1 is 0.719 bits per heavy atom. The van der Waals surface area contributed by atoms with E-state index in [1.54, 1.807) is 14.2 Å². The molecule has 0 aliphatic carbocycles. The molecule has 170 valence electrons. The molecule has 0 aliphatic heterocycles. The molecule has 3 aromatic carbocycles. The van der Waals surface area contributed by atoms with Gasteiger partial charge in [-0.2, -0.15) is 0 Å². The maximum atomic E-state index is 5.83. The van der Waals surface area contributed by atoms with E-state index >= 15 is 0 Å². The molecule has 0 aliphatic rings. The average molecular weight is 434 g/mol. The number of methoxy groups -OCH3 is 2. The zero-order valence-electron chi connectivity index (χ0n) is 19.8. The summed E-state index contributed by atoms with van der Waals surface area (Å²) >= 11 is 0. The van der Waals surface area contributed by atoms with Crippen molar-refractivity contribution in [3.63, 3.8) is 0 Å². The lowest BCUT2D eigenvalue weighted by Gasteiger charge is -2.23. The van der Waals surface area contributed by atoms with Crippen molar-refractivity contribution < 1.29 is 14.2 Å². The van der Waals surface area contributed by atoms with Crippen molar-refractivity contribution >= 4 is 0 Å². The minimum Gasteiger partial charge on any atom is -0.497 e. The molecule has 32 heavy (non-hydrogen) atoms. The van der Waals surface area contributed by atoms with Crippen molar-refractivity contribution in [2.45, 2.75) is 45.3 Å². The van der Waals surface area contributed by atoms with Crippen LogP contribution in [0.1, 0.15) is 55.8 Å². The molecular formula is C28H35NO3. The van der Waals surface area contributed by atoms with E-state index in [0.29, 0.717) is 0 Å². The van der Waals surface area contributed by atoms with Crippen molar-refractivity contribution in [2.75, 3.05) is 20.8 Å². The van der Waals surface area contributed by atoms with Gasteiger partial charge in [0.2, 0.25) is 0 Å². The van der Waals surface area contributed by atoms with Crippen LogP contribution in [0.25, 0.3) is 0 Å². The molecule has 0 saturated heterocycles. The summed E-state index contributed by atoms with van der Waals surface area (Å²) in [6.07, 6.45) is 1.11. The lowest BCUT2D eigenvalue weighted by molar-refractivity contribution is 0.242. The maximum absolute atomic E-state index is 5.83. The number of para-hydroxylation sites is 1. The molecule has 0 heterocycles. The van der Waals surface area contributed by atoms with Gasteiger partial charge in [0.15, 0.2) is 0 Å². The van der Waals surface area contributed by atoms with Crippen LogP contribution in [-0.4, -0.2) is 26.9 Å². The molecular weight excluding hydrogens is 398 g/mol. The fourth-order valence-corrected chi connectivity index (χ4v) is 3.96. The van der Waals surface area contributed by atoms with Crippen molar-refractivity contribution in [3.05, 3.63) is 89.5 Å². The Kier molecular flexibility index (Phi) is 8.57. The zero-order chi connectivity index (χ0) is 22.9. The smallest absolute Gasteiger partial charge is 0.122 e. The number of hydrogen-bond acceptors (Lipinski definition) is 4. The van der Waals surface area contributed by atoms with E-state index in [-0.39, 0.29) is 18.1 Å². The summed E-state index contributed by atoms with van der Waals surface area (Å²) in [5.74, 6) is 2.91. The Morgan fingerprint density at radius 3 is 1.97 bits per heavy atom. The van der Waals surface area contributed by atoms with Crippen LogP contribution in [0.5, 0.6) is 17.2 Å². The molecule has 0 bridgehead atoms. The largest absolute Gasteiger partial charge is 0.497 e. The van der Waals surface area contributed by atoms with Gasteiger partial charge < -0.3 is 19.5 Å². The third kappa shape index (κ3) is 6.27. The van der Waals surface area contributed by atoms with Gasteiger partial charge in [0.25, 0.3) is 0 Å². The van der Waals surface area contributed by atoms with Crippen LogP contribution in [0.15, 0.2) is 72.8 Å². The topological polar surface area (TPSA) is 39.7 Å². The highest BCUT2D eigenvalue weighted by molar-refractivity contribution is 5.43. The molecule has 0 aromatic heterocycles. The number of hydrogen-bond donors (Lipinski definition) is 1. The first-order valence-electron chi connectivity index (χ1n) is 11.3. The van der Waals surface area contributed by atoms with E-state index in [1.807, 2.05) is 38.1 Å². The highest BCUT2D eigenvalue weighted by Crippen LogP contribution is 2.35. The van der Waals surface area contributed by atoms with E-state index in [2.05, 4.69) is 60.8 Å². The maximum Gasteiger partial charge on any atom is 0.122 e. The third-order valence-corrected chi connectivity index (χ3v) is 5.67. The minimum absolute atomic E-state index is 0.162. The van der Waals surface area contributed by atoms with Gasteiger partial charge in [-0.1, -0.05) is 42.5 Å². The Labute approximate surface area is 192 Å². The fourth-order valence-electron chi connectivity index (χ4n) is 3.96. The number of rotatable bonds is 11. The van der Waals surface area contributed by atoms with Gasteiger partial charge in [-0.3, -0.25) is 0 Å². The Hall–Kier alpha value is -2.98. The molecule has 3 rings (SSSR count). The third-order valence-electron chi connectivity index (χ3n) is 5.67. The average Bonchev–Trinajstić information content (AvgIpc) is 2.82. The first-order valence-corrected chi connectivity index (χ1v) is 11.3. The summed E-state index contributed by atoms with van der Waals surface area (Å²) < 4.78 is 16.8. The van der Waals surface area contributed by atoms with Gasteiger partial charge in [-0.25, -0.2) is 0 Å². The summed E-state index contributed by atoms with van der Waals surface area (Å²) in [6, 6.07) is 25.2. The lowest BCUT2D eigenvalue weighted by atomic mass is 9.87. The van der Waals surface area contributed by atoms with Gasteiger partial charge in [0.05, 0.1) is 20.3 Å². The van der Waals surface area contributed by atoms with Crippen LogP contribution in [0.2, 0.25) is 0 Å². The van der Waals surface area contributed by atoms with Crippen LogP contribution >= 0.6 is 0 Å². The predicted octanol–water partition coefficient (Wildman–Crippen LogP) is 6.36.